The fourth-order valence-corrected chi connectivity index (χ4v) is 2.82. The van der Waals surface area contributed by atoms with Crippen LogP contribution < -0.4 is 5.32 Å². The van der Waals surface area contributed by atoms with Gasteiger partial charge in [-0.2, -0.15) is 0 Å². The molecule has 0 spiro atoms. The van der Waals surface area contributed by atoms with Crippen LogP contribution in [0, 0.1) is 0 Å². The zero-order chi connectivity index (χ0) is 13.0. The molecule has 0 bridgehead atoms. The van der Waals surface area contributed by atoms with Gasteiger partial charge in [0.25, 0.3) is 0 Å². The molecule has 0 amide bonds. The van der Waals surface area contributed by atoms with Crippen molar-refractivity contribution in [1.82, 2.24) is 5.32 Å². The molecule has 3 unspecified atom stereocenters. The molecule has 18 heavy (non-hydrogen) atoms. The number of rotatable bonds is 4. The molecule has 2 N–H and O–H groups in total. The van der Waals surface area contributed by atoms with Crippen LogP contribution >= 0.6 is 0 Å². The molecule has 98 valence electrons. The SMILES string of the molecule is CC(NC1CCCCC1c1ccccc1)C(=O)O. The second-order valence-electron chi connectivity index (χ2n) is 5.13. The first-order valence-corrected chi connectivity index (χ1v) is 6.72. The van der Waals surface area contributed by atoms with Crippen molar-refractivity contribution in [1.29, 1.82) is 0 Å². The van der Waals surface area contributed by atoms with Crippen LogP contribution in [0.2, 0.25) is 0 Å². The Balaban J connectivity index is 2.09. The van der Waals surface area contributed by atoms with Crippen molar-refractivity contribution < 1.29 is 9.90 Å². The van der Waals surface area contributed by atoms with Crippen LogP contribution in [0.4, 0.5) is 0 Å². The third kappa shape index (κ3) is 3.10. The maximum atomic E-state index is 11.0. The molecule has 1 aromatic carbocycles. The Kier molecular flexibility index (Phi) is 4.37. The second-order valence-corrected chi connectivity index (χ2v) is 5.13. The number of carboxylic acid groups (broad SMARTS) is 1. The lowest BCUT2D eigenvalue weighted by atomic mass is 9.79. The Morgan fingerprint density at radius 3 is 2.61 bits per heavy atom. The highest BCUT2D eigenvalue weighted by Gasteiger charge is 2.28. The average Bonchev–Trinajstić information content (AvgIpc) is 2.40. The molecule has 0 saturated heterocycles. The summed E-state index contributed by atoms with van der Waals surface area (Å²) in [5, 5.41) is 12.3. The summed E-state index contributed by atoms with van der Waals surface area (Å²) in [5.41, 5.74) is 1.33. The van der Waals surface area contributed by atoms with Crippen LogP contribution in [0.25, 0.3) is 0 Å². The third-order valence-corrected chi connectivity index (χ3v) is 3.83. The van der Waals surface area contributed by atoms with Gasteiger partial charge in [-0.15, -0.1) is 0 Å². The number of benzene rings is 1. The monoisotopic (exact) mass is 247 g/mol. The van der Waals surface area contributed by atoms with Crippen LogP contribution in [-0.4, -0.2) is 23.2 Å². The van der Waals surface area contributed by atoms with Gasteiger partial charge in [-0.25, -0.2) is 0 Å². The molecule has 1 aliphatic rings. The first-order valence-electron chi connectivity index (χ1n) is 6.72. The van der Waals surface area contributed by atoms with Crippen molar-refractivity contribution >= 4 is 5.97 Å². The first-order chi connectivity index (χ1) is 8.68. The Labute approximate surface area is 108 Å². The predicted octanol–water partition coefficient (Wildman–Crippen LogP) is 2.78. The van der Waals surface area contributed by atoms with E-state index in [9.17, 15) is 4.79 Å². The lowest BCUT2D eigenvalue weighted by molar-refractivity contribution is -0.139. The van der Waals surface area contributed by atoms with E-state index >= 15 is 0 Å². The minimum atomic E-state index is -0.771. The highest BCUT2D eigenvalue weighted by Crippen LogP contribution is 2.33. The zero-order valence-electron chi connectivity index (χ0n) is 10.8. The highest BCUT2D eigenvalue weighted by molar-refractivity contribution is 5.72. The summed E-state index contributed by atoms with van der Waals surface area (Å²) < 4.78 is 0. The van der Waals surface area contributed by atoms with E-state index in [-0.39, 0.29) is 6.04 Å². The van der Waals surface area contributed by atoms with Gasteiger partial charge in [0.15, 0.2) is 0 Å². The summed E-state index contributed by atoms with van der Waals surface area (Å²) in [6.07, 6.45) is 4.64. The lowest BCUT2D eigenvalue weighted by Crippen LogP contribution is -2.45. The Hall–Kier alpha value is -1.35. The van der Waals surface area contributed by atoms with Gasteiger partial charge in [-0.1, -0.05) is 43.2 Å². The molecular formula is C15H21NO2. The second kappa shape index (κ2) is 6.01. The van der Waals surface area contributed by atoms with E-state index in [2.05, 4.69) is 29.6 Å². The van der Waals surface area contributed by atoms with E-state index in [1.54, 1.807) is 6.92 Å². The summed E-state index contributed by atoms with van der Waals surface area (Å²) in [6, 6.07) is 10.2. The molecule has 0 radical (unpaired) electrons. The highest BCUT2D eigenvalue weighted by atomic mass is 16.4. The quantitative estimate of drug-likeness (QED) is 0.860. The molecule has 3 atom stereocenters. The molecule has 3 heteroatoms. The first kappa shape index (κ1) is 13.1. The van der Waals surface area contributed by atoms with Gasteiger partial charge in [0.1, 0.15) is 6.04 Å². The van der Waals surface area contributed by atoms with Crippen LogP contribution in [0.5, 0.6) is 0 Å². The molecule has 1 aromatic rings. The van der Waals surface area contributed by atoms with Gasteiger partial charge in [0.05, 0.1) is 0 Å². The van der Waals surface area contributed by atoms with Crippen LogP contribution in [0.1, 0.15) is 44.1 Å². The molecular weight excluding hydrogens is 226 g/mol. The van der Waals surface area contributed by atoms with Crippen molar-refractivity contribution in [2.75, 3.05) is 0 Å². The summed E-state index contributed by atoms with van der Waals surface area (Å²) >= 11 is 0. The number of nitrogens with one attached hydrogen (secondary N) is 1. The van der Waals surface area contributed by atoms with Gasteiger partial charge >= 0.3 is 5.97 Å². The predicted molar refractivity (Wildman–Crippen MR) is 71.7 cm³/mol. The summed E-state index contributed by atoms with van der Waals surface area (Å²) in [5.74, 6) is -0.325. The number of hydrogen-bond donors (Lipinski definition) is 2. The fourth-order valence-electron chi connectivity index (χ4n) is 2.82. The van der Waals surface area contributed by atoms with Crippen molar-refractivity contribution in [2.24, 2.45) is 0 Å². The number of aliphatic carboxylic acids is 1. The largest absolute Gasteiger partial charge is 0.480 e. The Bertz CT molecular complexity index is 391. The minimum absolute atomic E-state index is 0.284. The van der Waals surface area contributed by atoms with Crippen molar-refractivity contribution in [2.45, 2.75) is 50.6 Å². The maximum Gasteiger partial charge on any atom is 0.320 e. The van der Waals surface area contributed by atoms with Gasteiger partial charge in [0, 0.05) is 6.04 Å². The van der Waals surface area contributed by atoms with Crippen LogP contribution in [0.15, 0.2) is 30.3 Å². The summed E-state index contributed by atoms with van der Waals surface area (Å²) in [4.78, 5) is 11.0. The van der Waals surface area contributed by atoms with E-state index in [1.165, 1.54) is 18.4 Å². The number of carboxylic acids is 1. The normalized spacial score (nSPS) is 25.6. The van der Waals surface area contributed by atoms with Gasteiger partial charge in [-0.3, -0.25) is 4.79 Å². The summed E-state index contributed by atoms with van der Waals surface area (Å²) in [7, 11) is 0. The number of hydrogen-bond acceptors (Lipinski definition) is 2. The molecule has 1 fully saturated rings. The average molecular weight is 247 g/mol. The van der Waals surface area contributed by atoms with Crippen molar-refractivity contribution in [3.05, 3.63) is 35.9 Å². The molecule has 3 nitrogen and oxygen atoms in total. The van der Waals surface area contributed by atoms with Gasteiger partial charge in [0.2, 0.25) is 0 Å². The number of carbonyl (C=O) groups is 1. The maximum absolute atomic E-state index is 11.0. The van der Waals surface area contributed by atoms with Crippen LogP contribution in [-0.2, 0) is 4.79 Å². The van der Waals surface area contributed by atoms with Gasteiger partial charge in [-0.05, 0) is 31.2 Å². The molecule has 0 heterocycles. The van der Waals surface area contributed by atoms with Gasteiger partial charge < -0.3 is 10.4 Å². The van der Waals surface area contributed by atoms with Crippen molar-refractivity contribution in [3.63, 3.8) is 0 Å². The Morgan fingerprint density at radius 2 is 1.94 bits per heavy atom. The van der Waals surface area contributed by atoms with Crippen LogP contribution in [0.3, 0.4) is 0 Å². The Morgan fingerprint density at radius 1 is 1.28 bits per heavy atom. The molecule has 1 saturated carbocycles. The molecule has 1 aliphatic carbocycles. The summed E-state index contributed by atoms with van der Waals surface area (Å²) in [6.45, 7) is 1.72. The van der Waals surface area contributed by atoms with E-state index in [1.807, 2.05) is 6.07 Å². The molecule has 0 aliphatic heterocycles. The van der Waals surface area contributed by atoms with E-state index < -0.39 is 12.0 Å². The zero-order valence-corrected chi connectivity index (χ0v) is 10.8. The smallest absolute Gasteiger partial charge is 0.320 e. The topological polar surface area (TPSA) is 49.3 Å². The van der Waals surface area contributed by atoms with E-state index in [4.69, 9.17) is 5.11 Å². The molecule has 2 rings (SSSR count). The fraction of sp³-hybridized carbons (Fsp3) is 0.533. The van der Waals surface area contributed by atoms with E-state index in [0.29, 0.717) is 5.92 Å². The minimum Gasteiger partial charge on any atom is -0.480 e. The third-order valence-electron chi connectivity index (χ3n) is 3.83. The van der Waals surface area contributed by atoms with Crippen molar-refractivity contribution in [3.8, 4) is 0 Å². The lowest BCUT2D eigenvalue weighted by Gasteiger charge is -2.34. The molecule has 0 aromatic heterocycles. The van der Waals surface area contributed by atoms with E-state index in [0.717, 1.165) is 12.8 Å². The standard InChI is InChI=1S/C15H21NO2/c1-11(15(17)18)16-14-10-6-5-9-13(14)12-7-3-2-4-8-12/h2-4,7-8,11,13-14,16H,5-6,9-10H2,1H3,(H,17,18).